The van der Waals surface area contributed by atoms with Gasteiger partial charge in [0.15, 0.2) is 11.5 Å². The number of nitrogens with zero attached hydrogens (tertiary/aromatic N) is 1. The number of nitrogens with one attached hydrogen (secondary N) is 1. The van der Waals surface area contributed by atoms with Crippen LogP contribution in [0.15, 0.2) is 41.0 Å². The van der Waals surface area contributed by atoms with E-state index in [0.29, 0.717) is 18.1 Å². The quantitative estimate of drug-likeness (QED) is 0.810. The highest BCUT2D eigenvalue weighted by Crippen LogP contribution is 2.35. The van der Waals surface area contributed by atoms with E-state index in [4.69, 9.17) is 9.47 Å². The molecular weight excluding hydrogens is 332 g/mol. The molecule has 0 saturated carbocycles. The van der Waals surface area contributed by atoms with Gasteiger partial charge in [-0.05, 0) is 52.2 Å². The Morgan fingerprint density at radius 3 is 2.90 bits per heavy atom. The summed E-state index contributed by atoms with van der Waals surface area (Å²) in [7, 11) is 1.63. The fourth-order valence-corrected chi connectivity index (χ4v) is 2.32. The maximum absolute atomic E-state index is 5.88. The molecule has 0 radical (unpaired) electrons. The van der Waals surface area contributed by atoms with E-state index in [0.717, 1.165) is 28.8 Å². The van der Waals surface area contributed by atoms with Gasteiger partial charge in [-0.2, -0.15) is 0 Å². The van der Waals surface area contributed by atoms with Crippen molar-refractivity contribution in [3.63, 3.8) is 0 Å². The van der Waals surface area contributed by atoms with Gasteiger partial charge in [0.1, 0.15) is 12.4 Å². The zero-order valence-corrected chi connectivity index (χ0v) is 13.8. The standard InChI is InChI=1S/C16H19BrN2O2/c1-3-8-18-15-10-12(7-9-19-15)11-21-16-13(17)5-4-6-14(16)20-2/h4-7,9-10H,3,8,11H2,1-2H3,(H,18,19). The van der Waals surface area contributed by atoms with Gasteiger partial charge < -0.3 is 14.8 Å². The summed E-state index contributed by atoms with van der Waals surface area (Å²) in [4.78, 5) is 4.28. The summed E-state index contributed by atoms with van der Waals surface area (Å²) in [6.45, 7) is 3.50. The molecule has 2 aromatic rings. The van der Waals surface area contributed by atoms with Crippen molar-refractivity contribution >= 4 is 21.7 Å². The van der Waals surface area contributed by atoms with Crippen LogP contribution in [0.2, 0.25) is 0 Å². The zero-order chi connectivity index (χ0) is 15.1. The Bertz CT molecular complexity index is 590. The Kier molecular flexibility index (Phi) is 5.87. The number of rotatable bonds is 7. The second-order valence-electron chi connectivity index (χ2n) is 4.54. The minimum atomic E-state index is 0.461. The van der Waals surface area contributed by atoms with Gasteiger partial charge in [-0.25, -0.2) is 4.98 Å². The summed E-state index contributed by atoms with van der Waals surface area (Å²) < 4.78 is 12.1. The summed E-state index contributed by atoms with van der Waals surface area (Å²) in [5.41, 5.74) is 1.06. The SMILES string of the molecule is CCCNc1cc(COc2c(Br)cccc2OC)ccn1. The highest BCUT2D eigenvalue weighted by Gasteiger charge is 2.09. The maximum Gasteiger partial charge on any atom is 0.175 e. The Morgan fingerprint density at radius 2 is 2.14 bits per heavy atom. The lowest BCUT2D eigenvalue weighted by molar-refractivity contribution is 0.282. The first kappa shape index (κ1) is 15.6. The molecule has 112 valence electrons. The lowest BCUT2D eigenvalue weighted by atomic mass is 10.2. The molecule has 0 spiro atoms. The summed E-state index contributed by atoms with van der Waals surface area (Å²) >= 11 is 3.48. The van der Waals surface area contributed by atoms with Crippen molar-refractivity contribution < 1.29 is 9.47 Å². The molecule has 1 N–H and O–H groups in total. The number of ether oxygens (including phenoxy) is 2. The zero-order valence-electron chi connectivity index (χ0n) is 12.2. The van der Waals surface area contributed by atoms with Crippen LogP contribution in [0.5, 0.6) is 11.5 Å². The molecule has 0 aliphatic heterocycles. The van der Waals surface area contributed by atoms with Crippen LogP contribution in [0, 0.1) is 0 Å². The van der Waals surface area contributed by atoms with Gasteiger partial charge >= 0.3 is 0 Å². The van der Waals surface area contributed by atoms with Crippen molar-refractivity contribution in [1.82, 2.24) is 4.98 Å². The van der Waals surface area contributed by atoms with Crippen LogP contribution in [0.1, 0.15) is 18.9 Å². The van der Waals surface area contributed by atoms with Crippen LogP contribution in [-0.4, -0.2) is 18.6 Å². The van der Waals surface area contributed by atoms with Crippen molar-refractivity contribution in [2.75, 3.05) is 19.0 Å². The average molecular weight is 351 g/mol. The summed E-state index contributed by atoms with van der Waals surface area (Å²) in [6, 6.07) is 9.66. The summed E-state index contributed by atoms with van der Waals surface area (Å²) in [6.07, 6.45) is 2.85. The first-order valence-corrected chi connectivity index (χ1v) is 7.68. The molecule has 0 atom stereocenters. The Balaban J connectivity index is 2.06. The van der Waals surface area contributed by atoms with Gasteiger partial charge in [-0.15, -0.1) is 0 Å². The van der Waals surface area contributed by atoms with Crippen LogP contribution < -0.4 is 14.8 Å². The smallest absolute Gasteiger partial charge is 0.175 e. The third kappa shape index (κ3) is 4.36. The molecule has 0 aliphatic rings. The van der Waals surface area contributed by atoms with E-state index in [2.05, 4.69) is 33.2 Å². The second-order valence-corrected chi connectivity index (χ2v) is 5.39. The third-order valence-electron chi connectivity index (χ3n) is 2.91. The minimum Gasteiger partial charge on any atom is -0.493 e. The van der Waals surface area contributed by atoms with Crippen molar-refractivity contribution in [3.05, 3.63) is 46.6 Å². The number of benzene rings is 1. The molecule has 0 bridgehead atoms. The van der Waals surface area contributed by atoms with E-state index in [1.807, 2.05) is 30.3 Å². The number of pyridine rings is 1. The molecule has 0 aliphatic carbocycles. The van der Waals surface area contributed by atoms with E-state index in [-0.39, 0.29) is 0 Å². The molecule has 0 amide bonds. The highest BCUT2D eigenvalue weighted by molar-refractivity contribution is 9.10. The average Bonchev–Trinajstić information content (AvgIpc) is 2.52. The Hall–Kier alpha value is -1.75. The first-order valence-electron chi connectivity index (χ1n) is 6.88. The number of aromatic nitrogens is 1. The number of anilines is 1. The molecular formula is C16H19BrN2O2. The topological polar surface area (TPSA) is 43.4 Å². The largest absolute Gasteiger partial charge is 0.493 e. The van der Waals surface area contributed by atoms with E-state index in [9.17, 15) is 0 Å². The Morgan fingerprint density at radius 1 is 1.29 bits per heavy atom. The van der Waals surface area contributed by atoms with E-state index in [1.165, 1.54) is 0 Å². The molecule has 0 fully saturated rings. The fraction of sp³-hybridized carbons (Fsp3) is 0.312. The van der Waals surface area contributed by atoms with Gasteiger partial charge in [-0.3, -0.25) is 0 Å². The van der Waals surface area contributed by atoms with E-state index >= 15 is 0 Å². The third-order valence-corrected chi connectivity index (χ3v) is 3.54. The normalized spacial score (nSPS) is 10.2. The lowest BCUT2D eigenvalue weighted by Crippen LogP contribution is -2.03. The van der Waals surface area contributed by atoms with Crippen LogP contribution in [0.4, 0.5) is 5.82 Å². The predicted octanol–water partition coefficient (Wildman–Crippen LogP) is 4.25. The van der Waals surface area contributed by atoms with Crippen LogP contribution in [-0.2, 0) is 6.61 Å². The van der Waals surface area contributed by atoms with Crippen molar-refractivity contribution in [2.24, 2.45) is 0 Å². The highest BCUT2D eigenvalue weighted by atomic mass is 79.9. The van der Waals surface area contributed by atoms with Gasteiger partial charge in [0.25, 0.3) is 0 Å². The monoisotopic (exact) mass is 350 g/mol. The molecule has 21 heavy (non-hydrogen) atoms. The Labute approximate surface area is 133 Å². The molecule has 5 heteroatoms. The number of hydrogen-bond donors (Lipinski definition) is 1. The van der Waals surface area contributed by atoms with Crippen molar-refractivity contribution in [1.29, 1.82) is 0 Å². The summed E-state index contributed by atoms with van der Waals surface area (Å²) in [5.74, 6) is 2.29. The van der Waals surface area contributed by atoms with Gasteiger partial charge in [-0.1, -0.05) is 13.0 Å². The number of halogens is 1. The van der Waals surface area contributed by atoms with E-state index < -0.39 is 0 Å². The first-order chi connectivity index (χ1) is 10.2. The molecule has 4 nitrogen and oxygen atoms in total. The minimum absolute atomic E-state index is 0.461. The van der Waals surface area contributed by atoms with Crippen molar-refractivity contribution in [2.45, 2.75) is 20.0 Å². The maximum atomic E-state index is 5.88. The van der Waals surface area contributed by atoms with Gasteiger partial charge in [0.05, 0.1) is 11.6 Å². The predicted molar refractivity (Wildman–Crippen MR) is 88.0 cm³/mol. The number of hydrogen-bond acceptors (Lipinski definition) is 4. The summed E-state index contributed by atoms with van der Waals surface area (Å²) in [5, 5.41) is 3.27. The van der Waals surface area contributed by atoms with Crippen molar-refractivity contribution in [3.8, 4) is 11.5 Å². The molecule has 0 saturated heterocycles. The lowest BCUT2D eigenvalue weighted by Gasteiger charge is -2.13. The molecule has 1 aromatic heterocycles. The number of methoxy groups -OCH3 is 1. The molecule has 0 unspecified atom stereocenters. The van der Waals surface area contributed by atoms with E-state index in [1.54, 1.807) is 13.3 Å². The van der Waals surface area contributed by atoms with Gasteiger partial charge in [0, 0.05) is 12.7 Å². The van der Waals surface area contributed by atoms with Crippen LogP contribution in [0.25, 0.3) is 0 Å². The molecule has 1 aromatic carbocycles. The van der Waals surface area contributed by atoms with Crippen LogP contribution >= 0.6 is 15.9 Å². The second kappa shape index (κ2) is 7.88. The fourth-order valence-electron chi connectivity index (χ4n) is 1.86. The molecule has 1 heterocycles. The molecule has 2 rings (SSSR count). The van der Waals surface area contributed by atoms with Gasteiger partial charge in [0.2, 0.25) is 0 Å². The number of para-hydroxylation sites is 1. The van der Waals surface area contributed by atoms with Crippen LogP contribution in [0.3, 0.4) is 0 Å².